The summed E-state index contributed by atoms with van der Waals surface area (Å²) < 4.78 is 5.68. The maximum Gasteiger partial charge on any atom is 0.247 e. The molecule has 1 aromatic heterocycles. The van der Waals surface area contributed by atoms with Gasteiger partial charge >= 0.3 is 0 Å². The van der Waals surface area contributed by atoms with E-state index in [0.29, 0.717) is 23.8 Å². The molecule has 0 N–H and O–H groups in total. The Labute approximate surface area is 122 Å². The maximum atomic E-state index is 8.79. The van der Waals surface area contributed by atoms with Gasteiger partial charge in [-0.25, -0.2) is 0 Å². The largest absolute Gasteiger partial charge is 0.420 e. The second kappa shape index (κ2) is 5.59. The lowest BCUT2D eigenvalue weighted by Crippen LogP contribution is -1.88. The van der Waals surface area contributed by atoms with Gasteiger partial charge in [-0.2, -0.15) is 5.26 Å². The predicted molar refractivity (Wildman–Crippen MR) is 78.4 cm³/mol. The molecule has 0 aliphatic heterocycles. The Morgan fingerprint density at radius 1 is 1.10 bits per heavy atom. The van der Waals surface area contributed by atoms with Crippen LogP contribution in [0.25, 0.3) is 11.5 Å². The molecule has 0 spiro atoms. The normalized spacial score (nSPS) is 10.3. The minimum atomic E-state index is 0.474. The van der Waals surface area contributed by atoms with E-state index in [4.69, 9.17) is 9.68 Å². The summed E-state index contributed by atoms with van der Waals surface area (Å²) in [6.07, 6.45) is 0.616. The molecule has 21 heavy (non-hydrogen) atoms. The van der Waals surface area contributed by atoms with E-state index >= 15 is 0 Å². The summed E-state index contributed by atoms with van der Waals surface area (Å²) in [5.41, 5.74) is 3.78. The zero-order chi connectivity index (χ0) is 14.7. The van der Waals surface area contributed by atoms with Crippen LogP contribution in [0, 0.1) is 18.3 Å². The maximum absolute atomic E-state index is 8.79. The molecule has 0 radical (unpaired) electrons. The quantitative estimate of drug-likeness (QED) is 0.733. The van der Waals surface area contributed by atoms with E-state index in [9.17, 15) is 0 Å². The Morgan fingerprint density at radius 3 is 2.62 bits per heavy atom. The molecular weight excluding hydrogens is 262 g/mol. The molecule has 4 heteroatoms. The van der Waals surface area contributed by atoms with Crippen LogP contribution in [0.15, 0.2) is 52.9 Å². The highest BCUT2D eigenvalue weighted by Gasteiger charge is 2.09. The van der Waals surface area contributed by atoms with Crippen molar-refractivity contribution in [2.75, 3.05) is 0 Å². The van der Waals surface area contributed by atoms with Crippen molar-refractivity contribution in [1.82, 2.24) is 10.2 Å². The summed E-state index contributed by atoms with van der Waals surface area (Å²) in [7, 11) is 0. The summed E-state index contributed by atoms with van der Waals surface area (Å²) in [6, 6.07) is 17.4. The average Bonchev–Trinajstić information content (AvgIpc) is 2.96. The fourth-order valence-corrected chi connectivity index (χ4v) is 2.13. The summed E-state index contributed by atoms with van der Waals surface area (Å²) in [4.78, 5) is 0. The van der Waals surface area contributed by atoms with Crippen LogP contribution in [0.3, 0.4) is 0 Å². The van der Waals surface area contributed by atoms with Crippen molar-refractivity contribution in [3.05, 3.63) is 71.1 Å². The minimum absolute atomic E-state index is 0.474. The highest BCUT2D eigenvalue weighted by Crippen LogP contribution is 2.19. The van der Waals surface area contributed by atoms with Gasteiger partial charge in [0.15, 0.2) is 0 Å². The van der Waals surface area contributed by atoms with Crippen molar-refractivity contribution < 1.29 is 4.42 Å². The lowest BCUT2D eigenvalue weighted by Gasteiger charge is -1.98. The van der Waals surface area contributed by atoms with Crippen LogP contribution in [0.2, 0.25) is 0 Å². The predicted octanol–water partition coefficient (Wildman–Crippen LogP) is 3.51. The first-order chi connectivity index (χ1) is 10.2. The van der Waals surface area contributed by atoms with Crippen LogP contribution in [0.1, 0.15) is 22.6 Å². The van der Waals surface area contributed by atoms with Crippen molar-refractivity contribution in [2.45, 2.75) is 13.3 Å². The van der Waals surface area contributed by atoms with Gasteiger partial charge < -0.3 is 4.42 Å². The summed E-state index contributed by atoms with van der Waals surface area (Å²) in [5.74, 6) is 1.06. The van der Waals surface area contributed by atoms with Gasteiger partial charge in [-0.1, -0.05) is 29.8 Å². The third-order valence-electron chi connectivity index (χ3n) is 3.17. The lowest BCUT2D eigenvalue weighted by molar-refractivity contribution is 0.518. The van der Waals surface area contributed by atoms with Gasteiger partial charge in [0, 0.05) is 5.56 Å². The van der Waals surface area contributed by atoms with Crippen LogP contribution >= 0.6 is 0 Å². The van der Waals surface area contributed by atoms with Crippen molar-refractivity contribution in [2.24, 2.45) is 0 Å². The number of aryl methyl sites for hydroxylation is 1. The molecule has 0 aliphatic carbocycles. The van der Waals surface area contributed by atoms with Crippen LogP contribution in [0.5, 0.6) is 0 Å². The summed E-state index contributed by atoms with van der Waals surface area (Å²) in [5, 5.41) is 16.9. The van der Waals surface area contributed by atoms with E-state index in [1.165, 1.54) is 5.56 Å². The molecule has 0 amide bonds. The van der Waals surface area contributed by atoms with E-state index in [1.807, 2.05) is 24.3 Å². The second-order valence-corrected chi connectivity index (χ2v) is 4.86. The molecule has 0 saturated carbocycles. The second-order valence-electron chi connectivity index (χ2n) is 4.86. The molecule has 1 heterocycles. The number of aromatic nitrogens is 2. The van der Waals surface area contributed by atoms with Crippen molar-refractivity contribution in [1.29, 1.82) is 5.26 Å². The van der Waals surface area contributed by atoms with Gasteiger partial charge in [-0.15, -0.1) is 10.2 Å². The first-order valence-corrected chi connectivity index (χ1v) is 6.63. The molecular formula is C17H13N3O. The molecule has 0 saturated heterocycles. The van der Waals surface area contributed by atoms with Crippen molar-refractivity contribution >= 4 is 0 Å². The van der Waals surface area contributed by atoms with Crippen LogP contribution in [-0.4, -0.2) is 10.2 Å². The molecule has 0 bridgehead atoms. The monoisotopic (exact) mass is 275 g/mol. The topological polar surface area (TPSA) is 62.7 Å². The first kappa shape index (κ1) is 13.1. The molecule has 0 aliphatic rings. The number of nitriles is 1. The highest BCUT2D eigenvalue weighted by atomic mass is 16.4. The lowest BCUT2D eigenvalue weighted by atomic mass is 10.1. The molecule has 4 nitrogen and oxygen atoms in total. The number of rotatable bonds is 3. The molecule has 102 valence electrons. The number of hydrogen-bond donors (Lipinski definition) is 0. The molecule has 0 fully saturated rings. The molecule has 2 aromatic carbocycles. The van der Waals surface area contributed by atoms with Crippen LogP contribution in [0.4, 0.5) is 0 Å². The molecule has 3 aromatic rings. The van der Waals surface area contributed by atoms with E-state index < -0.39 is 0 Å². The summed E-state index contributed by atoms with van der Waals surface area (Å²) in [6.45, 7) is 2.06. The van der Waals surface area contributed by atoms with Gasteiger partial charge in [0.05, 0.1) is 18.1 Å². The highest BCUT2D eigenvalue weighted by molar-refractivity contribution is 5.54. The zero-order valence-corrected chi connectivity index (χ0v) is 11.6. The molecule has 3 rings (SSSR count). The molecule has 0 unspecified atom stereocenters. The van der Waals surface area contributed by atoms with Gasteiger partial charge in [-0.3, -0.25) is 0 Å². The number of benzene rings is 2. The summed E-state index contributed by atoms with van der Waals surface area (Å²) >= 11 is 0. The zero-order valence-electron chi connectivity index (χ0n) is 11.6. The SMILES string of the molecule is Cc1cccc(Cc2nnc(-c3ccc(C#N)cc3)o2)c1. The fourth-order valence-electron chi connectivity index (χ4n) is 2.13. The van der Waals surface area contributed by atoms with Crippen LogP contribution < -0.4 is 0 Å². The number of nitrogens with zero attached hydrogens (tertiary/aromatic N) is 3. The Kier molecular flexibility index (Phi) is 3.48. The van der Waals surface area contributed by atoms with Crippen LogP contribution in [-0.2, 0) is 6.42 Å². The third kappa shape index (κ3) is 2.98. The Morgan fingerprint density at radius 2 is 1.90 bits per heavy atom. The van der Waals surface area contributed by atoms with Crippen molar-refractivity contribution in [3.8, 4) is 17.5 Å². The standard InChI is InChI=1S/C17H13N3O/c1-12-3-2-4-14(9-12)10-16-19-20-17(21-16)15-7-5-13(11-18)6-8-15/h2-9H,10H2,1H3. The fraction of sp³-hybridized carbons (Fsp3) is 0.118. The van der Waals surface area contributed by atoms with E-state index in [1.54, 1.807) is 12.1 Å². The minimum Gasteiger partial charge on any atom is -0.420 e. The van der Waals surface area contributed by atoms with Gasteiger partial charge in [0.25, 0.3) is 0 Å². The average molecular weight is 275 g/mol. The van der Waals surface area contributed by atoms with E-state index in [-0.39, 0.29) is 0 Å². The van der Waals surface area contributed by atoms with Gasteiger partial charge in [0.2, 0.25) is 11.8 Å². The smallest absolute Gasteiger partial charge is 0.247 e. The van der Waals surface area contributed by atoms with Gasteiger partial charge in [0.1, 0.15) is 0 Å². The Hall–Kier alpha value is -2.93. The first-order valence-electron chi connectivity index (χ1n) is 6.63. The Balaban J connectivity index is 1.81. The van der Waals surface area contributed by atoms with Gasteiger partial charge in [-0.05, 0) is 36.8 Å². The van der Waals surface area contributed by atoms with E-state index in [2.05, 4.69) is 35.3 Å². The van der Waals surface area contributed by atoms with E-state index in [0.717, 1.165) is 11.1 Å². The molecule has 0 atom stereocenters. The Bertz CT molecular complexity index is 797. The number of hydrogen-bond acceptors (Lipinski definition) is 4. The van der Waals surface area contributed by atoms with Crippen molar-refractivity contribution in [3.63, 3.8) is 0 Å². The third-order valence-corrected chi connectivity index (χ3v) is 3.17.